The Morgan fingerprint density at radius 3 is 2.64 bits per heavy atom. The second-order valence-corrected chi connectivity index (χ2v) is 8.10. The molecule has 2 aliphatic rings. The average Bonchev–Trinajstić information content (AvgIpc) is 3.09. The van der Waals surface area contributed by atoms with Crippen LogP contribution in [0.2, 0.25) is 0 Å². The van der Waals surface area contributed by atoms with Gasteiger partial charge < -0.3 is 20.3 Å². The van der Waals surface area contributed by atoms with Crippen molar-refractivity contribution in [2.24, 2.45) is 16.8 Å². The minimum Gasteiger partial charge on any atom is -0.381 e. The first-order valence-corrected chi connectivity index (χ1v) is 10.5. The molecule has 25 heavy (non-hydrogen) atoms. The Kier molecular flexibility index (Phi) is 9.63. The second kappa shape index (κ2) is 11.7. The Morgan fingerprint density at radius 1 is 1.20 bits per heavy atom. The molecule has 0 spiro atoms. The van der Waals surface area contributed by atoms with Crippen molar-refractivity contribution in [3.63, 3.8) is 0 Å². The zero-order chi connectivity index (χ0) is 17.9. The Morgan fingerprint density at radius 2 is 2.00 bits per heavy atom. The van der Waals surface area contributed by atoms with Crippen molar-refractivity contribution in [2.45, 2.75) is 65.3 Å². The minimum atomic E-state index is 0.560. The van der Waals surface area contributed by atoms with Gasteiger partial charge in [0, 0.05) is 45.4 Å². The molecule has 2 aliphatic heterocycles. The van der Waals surface area contributed by atoms with Crippen LogP contribution in [0.3, 0.4) is 0 Å². The molecule has 0 aromatic carbocycles. The second-order valence-electron chi connectivity index (χ2n) is 8.10. The van der Waals surface area contributed by atoms with Crippen LogP contribution < -0.4 is 10.6 Å². The van der Waals surface area contributed by atoms with E-state index in [0.717, 1.165) is 44.1 Å². The number of rotatable bonds is 9. The number of piperidine rings is 1. The first-order valence-electron chi connectivity index (χ1n) is 10.5. The lowest BCUT2D eigenvalue weighted by Crippen LogP contribution is -2.49. The minimum absolute atomic E-state index is 0.560. The number of likely N-dealkylation sites (tertiary alicyclic amines) is 1. The Hall–Kier alpha value is -0.810. The SMILES string of the molecule is CCNC(=NCCCCC(C)C)NC1CCN(CC2CCOC2)CC1. The number of unbranched alkanes of at least 4 members (excludes halogenated alkanes) is 1. The fourth-order valence-corrected chi connectivity index (χ4v) is 3.72. The predicted molar refractivity (Wildman–Crippen MR) is 106 cm³/mol. The van der Waals surface area contributed by atoms with Crippen molar-refractivity contribution in [1.29, 1.82) is 0 Å². The van der Waals surface area contributed by atoms with E-state index in [2.05, 4.69) is 36.3 Å². The lowest BCUT2D eigenvalue weighted by molar-refractivity contribution is 0.150. The molecule has 0 bridgehead atoms. The summed E-state index contributed by atoms with van der Waals surface area (Å²) in [6.45, 7) is 14.1. The van der Waals surface area contributed by atoms with E-state index < -0.39 is 0 Å². The van der Waals surface area contributed by atoms with E-state index in [9.17, 15) is 0 Å². The van der Waals surface area contributed by atoms with Gasteiger partial charge in [-0.25, -0.2) is 0 Å². The van der Waals surface area contributed by atoms with Crippen molar-refractivity contribution >= 4 is 5.96 Å². The maximum Gasteiger partial charge on any atom is 0.191 e. The molecule has 0 amide bonds. The van der Waals surface area contributed by atoms with Crippen LogP contribution >= 0.6 is 0 Å². The number of guanidine groups is 1. The largest absolute Gasteiger partial charge is 0.381 e. The molecular weight excluding hydrogens is 312 g/mol. The molecular formula is C20H40N4O. The molecule has 1 unspecified atom stereocenters. The summed E-state index contributed by atoms with van der Waals surface area (Å²) in [7, 11) is 0. The van der Waals surface area contributed by atoms with Gasteiger partial charge in [-0.05, 0) is 44.4 Å². The molecule has 1 atom stereocenters. The molecule has 5 nitrogen and oxygen atoms in total. The van der Waals surface area contributed by atoms with E-state index in [-0.39, 0.29) is 0 Å². The third-order valence-corrected chi connectivity index (χ3v) is 5.27. The third kappa shape index (κ3) is 8.41. The summed E-state index contributed by atoms with van der Waals surface area (Å²) in [4.78, 5) is 7.39. The Bertz CT molecular complexity index is 372. The molecule has 5 heteroatoms. The van der Waals surface area contributed by atoms with Crippen LogP contribution in [0.15, 0.2) is 4.99 Å². The monoisotopic (exact) mass is 352 g/mol. The molecule has 2 saturated heterocycles. The van der Waals surface area contributed by atoms with E-state index in [1.807, 2.05) is 0 Å². The van der Waals surface area contributed by atoms with Crippen LogP contribution in [-0.2, 0) is 4.74 Å². The quantitative estimate of drug-likeness (QED) is 0.381. The summed E-state index contributed by atoms with van der Waals surface area (Å²) >= 11 is 0. The van der Waals surface area contributed by atoms with Gasteiger partial charge in [0.1, 0.15) is 0 Å². The van der Waals surface area contributed by atoms with E-state index >= 15 is 0 Å². The average molecular weight is 353 g/mol. The van der Waals surface area contributed by atoms with Gasteiger partial charge >= 0.3 is 0 Å². The Labute approximate surface area is 155 Å². The van der Waals surface area contributed by atoms with Crippen LogP contribution in [0.25, 0.3) is 0 Å². The maximum atomic E-state index is 5.50. The van der Waals surface area contributed by atoms with Crippen molar-refractivity contribution < 1.29 is 4.74 Å². The predicted octanol–water partition coefficient (Wildman–Crippen LogP) is 2.87. The zero-order valence-electron chi connectivity index (χ0n) is 16.7. The van der Waals surface area contributed by atoms with Crippen LogP contribution in [0.5, 0.6) is 0 Å². The third-order valence-electron chi connectivity index (χ3n) is 5.27. The molecule has 2 fully saturated rings. The van der Waals surface area contributed by atoms with E-state index in [1.165, 1.54) is 58.2 Å². The molecule has 2 rings (SSSR count). The lowest BCUT2D eigenvalue weighted by atomic mass is 10.0. The fraction of sp³-hybridized carbons (Fsp3) is 0.950. The molecule has 0 saturated carbocycles. The van der Waals surface area contributed by atoms with Gasteiger partial charge in [0.05, 0.1) is 6.61 Å². The number of ether oxygens (including phenoxy) is 1. The fourth-order valence-electron chi connectivity index (χ4n) is 3.72. The zero-order valence-corrected chi connectivity index (χ0v) is 16.7. The van der Waals surface area contributed by atoms with Crippen molar-refractivity contribution in [3.8, 4) is 0 Å². The van der Waals surface area contributed by atoms with Crippen molar-refractivity contribution in [2.75, 3.05) is 45.9 Å². The van der Waals surface area contributed by atoms with Crippen LogP contribution in [0.1, 0.15) is 59.3 Å². The van der Waals surface area contributed by atoms with Gasteiger partial charge in [-0.15, -0.1) is 0 Å². The van der Waals surface area contributed by atoms with Gasteiger partial charge in [0.15, 0.2) is 5.96 Å². The molecule has 0 radical (unpaired) electrons. The first-order chi connectivity index (χ1) is 12.2. The van der Waals surface area contributed by atoms with Gasteiger partial charge in [0.2, 0.25) is 0 Å². The molecule has 146 valence electrons. The molecule has 0 aromatic heterocycles. The van der Waals surface area contributed by atoms with Gasteiger partial charge in [-0.3, -0.25) is 4.99 Å². The van der Waals surface area contributed by atoms with Gasteiger partial charge in [-0.1, -0.05) is 26.7 Å². The van der Waals surface area contributed by atoms with Crippen LogP contribution in [0.4, 0.5) is 0 Å². The normalized spacial score (nSPS) is 23.4. The summed E-state index contributed by atoms with van der Waals surface area (Å²) in [5.74, 6) is 2.57. The summed E-state index contributed by atoms with van der Waals surface area (Å²) < 4.78 is 5.50. The highest BCUT2D eigenvalue weighted by atomic mass is 16.5. The van der Waals surface area contributed by atoms with Crippen LogP contribution in [-0.4, -0.2) is 62.8 Å². The first kappa shape index (κ1) is 20.5. The molecule has 2 N–H and O–H groups in total. The number of nitrogens with one attached hydrogen (secondary N) is 2. The highest BCUT2D eigenvalue weighted by Crippen LogP contribution is 2.17. The highest BCUT2D eigenvalue weighted by molar-refractivity contribution is 5.80. The number of aliphatic imine (C=N–C) groups is 1. The van der Waals surface area contributed by atoms with E-state index in [1.54, 1.807) is 0 Å². The molecule has 0 aromatic rings. The summed E-state index contributed by atoms with van der Waals surface area (Å²) in [6.07, 6.45) is 7.45. The van der Waals surface area contributed by atoms with Gasteiger partial charge in [0.25, 0.3) is 0 Å². The van der Waals surface area contributed by atoms with E-state index in [4.69, 9.17) is 9.73 Å². The van der Waals surface area contributed by atoms with Crippen LogP contribution in [0, 0.1) is 11.8 Å². The number of hydrogen-bond acceptors (Lipinski definition) is 3. The summed E-state index contributed by atoms with van der Waals surface area (Å²) in [5.41, 5.74) is 0. The Balaban J connectivity index is 1.65. The maximum absolute atomic E-state index is 5.50. The van der Waals surface area contributed by atoms with Gasteiger partial charge in [-0.2, -0.15) is 0 Å². The summed E-state index contributed by atoms with van der Waals surface area (Å²) in [5, 5.41) is 7.07. The highest BCUT2D eigenvalue weighted by Gasteiger charge is 2.24. The lowest BCUT2D eigenvalue weighted by Gasteiger charge is -2.34. The molecule has 2 heterocycles. The van der Waals surface area contributed by atoms with Crippen molar-refractivity contribution in [1.82, 2.24) is 15.5 Å². The number of hydrogen-bond donors (Lipinski definition) is 2. The number of nitrogens with zero attached hydrogens (tertiary/aromatic N) is 2. The van der Waals surface area contributed by atoms with E-state index in [0.29, 0.717) is 6.04 Å². The smallest absolute Gasteiger partial charge is 0.191 e. The standard InChI is InChI=1S/C20H40N4O/c1-4-21-20(22-11-6-5-7-17(2)3)23-19-8-12-24(13-9-19)15-18-10-14-25-16-18/h17-19H,4-16H2,1-3H3,(H2,21,22,23). The molecule has 0 aliphatic carbocycles. The topological polar surface area (TPSA) is 48.9 Å². The summed E-state index contributed by atoms with van der Waals surface area (Å²) in [6, 6.07) is 0.560. The van der Waals surface area contributed by atoms with Crippen molar-refractivity contribution in [3.05, 3.63) is 0 Å².